The summed E-state index contributed by atoms with van der Waals surface area (Å²) in [4.78, 5) is 4.93. The zero-order valence-corrected chi connectivity index (χ0v) is 17.9. The molecule has 5 rings (SSSR count). The van der Waals surface area contributed by atoms with Crippen molar-refractivity contribution in [2.45, 2.75) is 25.8 Å². The molecule has 1 unspecified atom stereocenters. The number of nitriles is 1. The van der Waals surface area contributed by atoms with E-state index < -0.39 is 5.41 Å². The molecule has 3 heterocycles. The van der Waals surface area contributed by atoms with Gasteiger partial charge >= 0.3 is 0 Å². The third-order valence-electron chi connectivity index (χ3n) is 5.96. The van der Waals surface area contributed by atoms with Crippen LogP contribution in [0, 0.1) is 17.1 Å². The summed E-state index contributed by atoms with van der Waals surface area (Å²) in [7, 11) is 0. The number of nitrogens with zero attached hydrogens (tertiary/aromatic N) is 4. The Morgan fingerprint density at radius 2 is 2.03 bits per heavy atom. The number of rotatable bonds is 3. The summed E-state index contributed by atoms with van der Waals surface area (Å²) in [5, 5.41) is 16.5. The second kappa shape index (κ2) is 7.29. The van der Waals surface area contributed by atoms with Crippen LogP contribution in [0.1, 0.15) is 30.0 Å². The summed E-state index contributed by atoms with van der Waals surface area (Å²) in [6, 6.07) is 16.5. The van der Waals surface area contributed by atoms with Gasteiger partial charge < -0.3 is 0 Å². The average molecular weight is 427 g/mol. The first kappa shape index (κ1) is 19.4. The van der Waals surface area contributed by atoms with Gasteiger partial charge in [-0.15, -0.1) is 11.3 Å². The predicted octanol–water partition coefficient (Wildman–Crippen LogP) is 6.06. The van der Waals surface area contributed by atoms with Crippen molar-refractivity contribution in [3.05, 3.63) is 88.1 Å². The molecule has 0 N–H and O–H groups in total. The quantitative estimate of drug-likeness (QED) is 0.400. The van der Waals surface area contributed by atoms with Crippen LogP contribution in [0.15, 0.2) is 66.2 Å². The van der Waals surface area contributed by atoms with Crippen molar-refractivity contribution in [2.24, 2.45) is 0 Å². The summed E-state index contributed by atoms with van der Waals surface area (Å²) in [6.45, 7) is 4.84. The topological polar surface area (TPSA) is 54.5 Å². The highest BCUT2D eigenvalue weighted by Crippen LogP contribution is 2.48. The number of hydrogen-bond donors (Lipinski definition) is 0. The average Bonchev–Trinajstić information content (AvgIpc) is 3.44. The Labute approximate surface area is 183 Å². The number of hydrogen-bond acceptors (Lipinski definition) is 4. The first-order chi connectivity index (χ1) is 15.0. The summed E-state index contributed by atoms with van der Waals surface area (Å²) in [5.41, 5.74) is 6.04. The molecule has 1 aliphatic heterocycles. The molecule has 0 saturated heterocycles. The molecule has 0 saturated carbocycles. The van der Waals surface area contributed by atoms with Gasteiger partial charge in [0.2, 0.25) is 0 Å². The molecular formula is C25H19FN4S. The predicted molar refractivity (Wildman–Crippen MR) is 121 cm³/mol. The van der Waals surface area contributed by atoms with Crippen molar-refractivity contribution in [3.8, 4) is 28.6 Å². The van der Waals surface area contributed by atoms with Gasteiger partial charge in [-0.2, -0.15) is 10.4 Å². The van der Waals surface area contributed by atoms with Crippen LogP contribution in [0.25, 0.3) is 28.1 Å². The second-order valence-corrected chi connectivity index (χ2v) is 8.68. The summed E-state index contributed by atoms with van der Waals surface area (Å²) in [6.07, 6.45) is 3.86. The van der Waals surface area contributed by atoms with Crippen molar-refractivity contribution < 1.29 is 4.39 Å². The highest BCUT2D eigenvalue weighted by molar-refractivity contribution is 7.11. The van der Waals surface area contributed by atoms with Crippen LogP contribution < -0.4 is 0 Å². The molecule has 4 nitrogen and oxygen atoms in total. The Bertz CT molecular complexity index is 1360. The maximum Gasteiger partial charge on any atom is 0.123 e. The number of aromatic nitrogens is 3. The maximum absolute atomic E-state index is 14.1. The van der Waals surface area contributed by atoms with Crippen LogP contribution >= 0.6 is 11.3 Å². The second-order valence-electron chi connectivity index (χ2n) is 7.83. The number of allylic oxidation sites excluding steroid dienone is 2. The molecule has 1 atom stereocenters. The number of thiazole rings is 1. The molecule has 0 spiro atoms. The van der Waals surface area contributed by atoms with E-state index in [9.17, 15) is 4.39 Å². The molecular weight excluding hydrogens is 407 g/mol. The van der Waals surface area contributed by atoms with Gasteiger partial charge in [0.1, 0.15) is 10.8 Å². The van der Waals surface area contributed by atoms with E-state index in [0.717, 1.165) is 38.7 Å². The first-order valence-electron chi connectivity index (χ1n) is 9.99. The van der Waals surface area contributed by atoms with E-state index in [4.69, 9.17) is 10.2 Å². The fourth-order valence-corrected chi connectivity index (χ4v) is 5.47. The summed E-state index contributed by atoms with van der Waals surface area (Å²) < 4.78 is 16.1. The van der Waals surface area contributed by atoms with E-state index in [2.05, 4.69) is 24.2 Å². The Balaban J connectivity index is 1.60. The van der Waals surface area contributed by atoms with Crippen molar-refractivity contribution in [1.82, 2.24) is 14.8 Å². The molecule has 0 amide bonds. The van der Waals surface area contributed by atoms with Crippen LogP contribution in [-0.2, 0) is 12.0 Å². The lowest BCUT2D eigenvalue weighted by molar-refractivity contribution is 0.453. The number of halogens is 1. The van der Waals surface area contributed by atoms with Crippen LogP contribution in [0.5, 0.6) is 0 Å². The Morgan fingerprint density at radius 1 is 1.23 bits per heavy atom. The third kappa shape index (κ3) is 3.09. The standard InChI is InChI=1S/C25H19FN4S/c1-3-20(24-29-22(14-31-24)17-6-4-16(13-27)5-7-17)25(2)15-30-23(10-11-28-30)19-12-18(26)8-9-21(19)25/h3-12,14H,15H2,1-2H3/b20-3-. The maximum atomic E-state index is 14.1. The molecule has 0 fully saturated rings. The lowest BCUT2D eigenvalue weighted by atomic mass is 9.71. The third-order valence-corrected chi connectivity index (χ3v) is 6.84. The van der Waals surface area contributed by atoms with Gasteiger partial charge in [0.25, 0.3) is 0 Å². The molecule has 31 heavy (non-hydrogen) atoms. The monoisotopic (exact) mass is 426 g/mol. The fraction of sp³-hybridized carbons (Fsp3) is 0.160. The zero-order valence-electron chi connectivity index (χ0n) is 17.1. The molecule has 4 aromatic rings. The van der Waals surface area contributed by atoms with Crippen LogP contribution in [-0.4, -0.2) is 14.8 Å². The highest BCUT2D eigenvalue weighted by atomic mass is 32.1. The largest absolute Gasteiger partial charge is 0.264 e. The molecule has 2 aromatic heterocycles. The highest BCUT2D eigenvalue weighted by Gasteiger charge is 2.40. The van der Waals surface area contributed by atoms with E-state index >= 15 is 0 Å². The van der Waals surface area contributed by atoms with Gasteiger partial charge in [-0.1, -0.05) is 24.3 Å². The van der Waals surface area contributed by atoms with E-state index in [0.29, 0.717) is 12.1 Å². The molecule has 0 bridgehead atoms. The molecule has 0 radical (unpaired) electrons. The fourth-order valence-electron chi connectivity index (χ4n) is 4.44. The van der Waals surface area contributed by atoms with Gasteiger partial charge in [0.15, 0.2) is 0 Å². The Kier molecular flexibility index (Phi) is 4.57. The lowest BCUT2D eigenvalue weighted by Crippen LogP contribution is -2.34. The summed E-state index contributed by atoms with van der Waals surface area (Å²) in [5.74, 6) is -0.255. The Morgan fingerprint density at radius 3 is 2.77 bits per heavy atom. The van der Waals surface area contributed by atoms with Crippen molar-refractivity contribution in [2.75, 3.05) is 0 Å². The lowest BCUT2D eigenvalue weighted by Gasteiger charge is -2.38. The summed E-state index contributed by atoms with van der Waals surface area (Å²) >= 11 is 1.59. The smallest absolute Gasteiger partial charge is 0.123 e. The van der Waals surface area contributed by atoms with E-state index in [1.807, 2.05) is 41.3 Å². The number of benzene rings is 2. The van der Waals surface area contributed by atoms with Crippen molar-refractivity contribution in [1.29, 1.82) is 5.26 Å². The minimum atomic E-state index is -0.406. The molecule has 1 aliphatic rings. The molecule has 152 valence electrons. The van der Waals surface area contributed by atoms with Gasteiger partial charge in [-0.25, -0.2) is 9.37 Å². The van der Waals surface area contributed by atoms with E-state index in [-0.39, 0.29) is 5.82 Å². The first-order valence-corrected chi connectivity index (χ1v) is 10.9. The molecule has 0 aliphatic carbocycles. The van der Waals surface area contributed by atoms with E-state index in [1.165, 1.54) is 6.07 Å². The zero-order chi connectivity index (χ0) is 21.6. The van der Waals surface area contributed by atoms with Gasteiger partial charge in [-0.3, -0.25) is 4.68 Å². The minimum Gasteiger partial charge on any atom is -0.264 e. The van der Waals surface area contributed by atoms with Crippen LogP contribution in [0.2, 0.25) is 0 Å². The van der Waals surface area contributed by atoms with E-state index in [1.54, 1.807) is 35.7 Å². The normalized spacial score (nSPS) is 17.7. The van der Waals surface area contributed by atoms with Crippen molar-refractivity contribution >= 4 is 16.9 Å². The van der Waals surface area contributed by atoms with Crippen molar-refractivity contribution in [3.63, 3.8) is 0 Å². The molecule has 6 heteroatoms. The Hall–Kier alpha value is -3.56. The SMILES string of the molecule is C/C=C(/c1nc(-c2ccc(C#N)cc2)cs1)C1(C)Cn2nccc2-c2cc(F)ccc21. The van der Waals surface area contributed by atoms with Gasteiger partial charge in [0, 0.05) is 28.1 Å². The number of fused-ring (bicyclic) bond motifs is 3. The van der Waals surface area contributed by atoms with Gasteiger partial charge in [-0.05, 0) is 55.3 Å². The van der Waals surface area contributed by atoms with Gasteiger partial charge in [0.05, 0.1) is 29.6 Å². The van der Waals surface area contributed by atoms with Crippen LogP contribution in [0.4, 0.5) is 4.39 Å². The molecule has 2 aromatic carbocycles. The van der Waals surface area contributed by atoms with Crippen LogP contribution in [0.3, 0.4) is 0 Å². The minimum absolute atomic E-state index is 0.255.